The number of carbonyl (C=O) groups is 1. The molecule has 6 nitrogen and oxygen atoms in total. The fourth-order valence-corrected chi connectivity index (χ4v) is 3.75. The first-order valence-corrected chi connectivity index (χ1v) is 9.09. The minimum absolute atomic E-state index is 0.0568. The first kappa shape index (κ1) is 17.8. The van der Waals surface area contributed by atoms with Crippen molar-refractivity contribution in [3.8, 4) is 0 Å². The molecule has 0 unspecified atom stereocenters. The Bertz CT molecular complexity index is 1180. The van der Waals surface area contributed by atoms with Gasteiger partial charge in [0, 0.05) is 18.0 Å². The predicted octanol–water partition coefficient (Wildman–Crippen LogP) is 2.33. The van der Waals surface area contributed by atoms with E-state index < -0.39 is 27.4 Å². The molecule has 0 spiro atoms. The van der Waals surface area contributed by atoms with Gasteiger partial charge in [-0.2, -0.15) is 3.97 Å². The van der Waals surface area contributed by atoms with Crippen molar-refractivity contribution in [2.45, 2.75) is 18.7 Å². The number of hydrogen-bond donors (Lipinski definition) is 0. The van der Waals surface area contributed by atoms with Gasteiger partial charge in [-0.05, 0) is 55.3 Å². The Morgan fingerprint density at radius 3 is 2.38 bits per heavy atom. The lowest BCUT2D eigenvalue weighted by Crippen LogP contribution is -2.32. The van der Waals surface area contributed by atoms with Crippen LogP contribution in [0.2, 0.25) is 0 Å². The summed E-state index contributed by atoms with van der Waals surface area (Å²) in [6.07, 6.45) is 2.05. The molecule has 134 valence electrons. The maximum absolute atomic E-state index is 13.3. The van der Waals surface area contributed by atoms with Gasteiger partial charge in [-0.1, -0.05) is 12.1 Å². The lowest BCUT2D eigenvalue weighted by atomic mass is 10.1. The van der Waals surface area contributed by atoms with Gasteiger partial charge in [0.25, 0.3) is 15.9 Å². The molecule has 3 aromatic rings. The van der Waals surface area contributed by atoms with Gasteiger partial charge >= 0.3 is 5.69 Å². The van der Waals surface area contributed by atoms with E-state index in [-0.39, 0.29) is 10.5 Å². The highest BCUT2D eigenvalue weighted by Crippen LogP contribution is 2.17. The second kappa shape index (κ2) is 6.38. The molecule has 0 aliphatic rings. The molecule has 1 heterocycles. The van der Waals surface area contributed by atoms with Crippen LogP contribution in [-0.2, 0) is 10.0 Å². The van der Waals surface area contributed by atoms with Gasteiger partial charge in [-0.15, -0.1) is 0 Å². The van der Waals surface area contributed by atoms with Gasteiger partial charge in [-0.25, -0.2) is 22.2 Å². The molecule has 0 bridgehead atoms. The molecule has 0 saturated carbocycles. The van der Waals surface area contributed by atoms with E-state index in [1.807, 2.05) is 6.92 Å². The zero-order valence-corrected chi connectivity index (χ0v) is 14.8. The molecule has 0 aliphatic carbocycles. The molecular formula is C18H15FN2O4S. The summed E-state index contributed by atoms with van der Waals surface area (Å²) in [4.78, 5) is 24.8. The van der Waals surface area contributed by atoms with Crippen LogP contribution in [0.25, 0.3) is 0 Å². The number of aromatic nitrogens is 2. The Kier molecular flexibility index (Phi) is 4.37. The van der Waals surface area contributed by atoms with Crippen LogP contribution >= 0.6 is 0 Å². The quantitative estimate of drug-likeness (QED) is 0.705. The van der Waals surface area contributed by atoms with Crippen LogP contribution in [0, 0.1) is 19.7 Å². The second-order valence-corrected chi connectivity index (χ2v) is 7.63. The standard InChI is InChI=1S/C18H15FN2O4S/c1-12-6-7-16(10-13(12)2)26(24,25)21-9-8-20(18(21)23)17(22)14-4-3-5-15(19)11-14/h3-11H,1-2H3. The summed E-state index contributed by atoms with van der Waals surface area (Å²) in [5.74, 6) is -1.45. The van der Waals surface area contributed by atoms with E-state index in [1.54, 1.807) is 13.0 Å². The normalized spacial score (nSPS) is 11.5. The van der Waals surface area contributed by atoms with Crippen molar-refractivity contribution in [1.82, 2.24) is 8.54 Å². The van der Waals surface area contributed by atoms with E-state index in [1.165, 1.54) is 24.3 Å². The van der Waals surface area contributed by atoms with Gasteiger partial charge in [0.2, 0.25) is 0 Å². The number of nitrogens with zero attached hydrogens (tertiary/aromatic N) is 2. The van der Waals surface area contributed by atoms with E-state index in [9.17, 15) is 22.4 Å². The number of carbonyl (C=O) groups excluding carboxylic acids is 1. The molecule has 8 heteroatoms. The average molecular weight is 374 g/mol. The SMILES string of the molecule is Cc1ccc(S(=O)(=O)n2ccn(C(=O)c3cccc(F)c3)c2=O)cc1C. The van der Waals surface area contributed by atoms with Crippen LogP contribution in [-0.4, -0.2) is 22.9 Å². The molecule has 0 atom stereocenters. The van der Waals surface area contributed by atoms with Gasteiger partial charge in [-0.3, -0.25) is 4.79 Å². The zero-order valence-electron chi connectivity index (χ0n) is 14.0. The zero-order chi connectivity index (χ0) is 19.1. The van der Waals surface area contributed by atoms with Crippen molar-refractivity contribution >= 4 is 15.9 Å². The average Bonchev–Trinajstić information content (AvgIpc) is 2.98. The Hall–Kier alpha value is -3.00. The van der Waals surface area contributed by atoms with Gasteiger partial charge in [0.1, 0.15) is 5.82 Å². The van der Waals surface area contributed by atoms with Crippen LogP contribution in [0.1, 0.15) is 21.5 Å². The third-order valence-electron chi connectivity index (χ3n) is 4.07. The number of hydrogen-bond acceptors (Lipinski definition) is 4. The third kappa shape index (κ3) is 2.99. The van der Waals surface area contributed by atoms with Gasteiger partial charge < -0.3 is 0 Å². The van der Waals surface area contributed by atoms with Gasteiger partial charge in [0.15, 0.2) is 0 Å². The van der Waals surface area contributed by atoms with E-state index in [4.69, 9.17) is 0 Å². The lowest BCUT2D eigenvalue weighted by molar-refractivity contribution is 0.0955. The molecule has 0 fully saturated rings. The summed E-state index contributed by atoms with van der Waals surface area (Å²) in [5, 5.41) is 0. The molecule has 0 saturated heterocycles. The number of aryl methyl sites for hydroxylation is 2. The predicted molar refractivity (Wildman–Crippen MR) is 93.3 cm³/mol. The van der Waals surface area contributed by atoms with Crippen LogP contribution < -0.4 is 5.69 Å². The molecule has 0 amide bonds. The fraction of sp³-hybridized carbons (Fsp3) is 0.111. The van der Waals surface area contributed by atoms with E-state index >= 15 is 0 Å². The molecule has 0 N–H and O–H groups in total. The minimum Gasteiger partial charge on any atom is -0.268 e. The highest BCUT2D eigenvalue weighted by molar-refractivity contribution is 7.90. The second-order valence-electron chi connectivity index (χ2n) is 5.81. The molecule has 2 aromatic carbocycles. The van der Waals surface area contributed by atoms with Gasteiger partial charge in [0.05, 0.1) is 4.90 Å². The number of halogens is 1. The Morgan fingerprint density at radius 1 is 1.00 bits per heavy atom. The molecule has 0 radical (unpaired) electrons. The lowest BCUT2D eigenvalue weighted by Gasteiger charge is -2.07. The van der Waals surface area contributed by atoms with Crippen molar-refractivity contribution in [3.63, 3.8) is 0 Å². The highest BCUT2D eigenvalue weighted by Gasteiger charge is 2.23. The monoisotopic (exact) mass is 374 g/mol. The maximum atomic E-state index is 13.3. The summed E-state index contributed by atoms with van der Waals surface area (Å²) in [6, 6.07) is 9.31. The maximum Gasteiger partial charge on any atom is 0.349 e. The third-order valence-corrected chi connectivity index (χ3v) is 5.72. The van der Waals surface area contributed by atoms with Crippen molar-refractivity contribution in [2.75, 3.05) is 0 Å². The van der Waals surface area contributed by atoms with Crippen LogP contribution in [0.5, 0.6) is 0 Å². The topological polar surface area (TPSA) is 78.1 Å². The first-order chi connectivity index (χ1) is 12.2. The molecule has 3 rings (SSSR count). The summed E-state index contributed by atoms with van der Waals surface area (Å²) < 4.78 is 39.9. The van der Waals surface area contributed by atoms with Crippen LogP contribution in [0.4, 0.5) is 4.39 Å². The number of imidazole rings is 1. The molecule has 26 heavy (non-hydrogen) atoms. The van der Waals surface area contributed by atoms with Crippen molar-refractivity contribution in [1.29, 1.82) is 0 Å². The van der Waals surface area contributed by atoms with Crippen molar-refractivity contribution in [2.24, 2.45) is 0 Å². The van der Waals surface area contributed by atoms with Crippen LogP contribution in [0.3, 0.4) is 0 Å². The Morgan fingerprint density at radius 2 is 1.73 bits per heavy atom. The fourth-order valence-electron chi connectivity index (χ4n) is 2.45. The van der Waals surface area contributed by atoms with E-state index in [0.29, 0.717) is 8.54 Å². The molecular weight excluding hydrogens is 359 g/mol. The van der Waals surface area contributed by atoms with Crippen molar-refractivity contribution in [3.05, 3.63) is 87.9 Å². The first-order valence-electron chi connectivity index (χ1n) is 7.65. The van der Waals surface area contributed by atoms with Crippen LogP contribution in [0.15, 0.2) is 64.5 Å². The Labute approximate surface area is 149 Å². The largest absolute Gasteiger partial charge is 0.349 e. The highest BCUT2D eigenvalue weighted by atomic mass is 32.2. The van der Waals surface area contributed by atoms with E-state index in [0.717, 1.165) is 35.7 Å². The van der Waals surface area contributed by atoms with Crippen molar-refractivity contribution < 1.29 is 17.6 Å². The number of rotatable bonds is 3. The smallest absolute Gasteiger partial charge is 0.268 e. The summed E-state index contributed by atoms with van der Waals surface area (Å²) >= 11 is 0. The van der Waals surface area contributed by atoms with E-state index in [2.05, 4.69) is 0 Å². The summed E-state index contributed by atoms with van der Waals surface area (Å²) in [6.45, 7) is 3.60. The Balaban J connectivity index is 2.07. The summed E-state index contributed by atoms with van der Waals surface area (Å²) in [7, 11) is -4.15. The minimum atomic E-state index is -4.15. The molecule has 0 aliphatic heterocycles. The summed E-state index contributed by atoms with van der Waals surface area (Å²) in [5.41, 5.74) is 0.565. The molecule has 1 aromatic heterocycles. The number of benzene rings is 2.